The van der Waals surface area contributed by atoms with Gasteiger partial charge in [0.15, 0.2) is 5.78 Å². The fourth-order valence-corrected chi connectivity index (χ4v) is 4.91. The van der Waals surface area contributed by atoms with Crippen LogP contribution in [0.5, 0.6) is 0 Å². The van der Waals surface area contributed by atoms with E-state index in [2.05, 4.69) is 77.6 Å². The van der Waals surface area contributed by atoms with Crippen LogP contribution in [0.25, 0.3) is 0 Å². The Bertz CT molecular complexity index is 1110. The fraction of sp³-hybridized carbons (Fsp3) is 0.192. The molecule has 1 aliphatic heterocycles. The number of rotatable bonds is 3. The molecule has 30 heavy (non-hydrogen) atoms. The first kappa shape index (κ1) is 19.0. The van der Waals surface area contributed by atoms with Crippen molar-refractivity contribution in [3.8, 4) is 0 Å². The zero-order chi connectivity index (χ0) is 20.5. The van der Waals surface area contributed by atoms with E-state index in [1.165, 1.54) is 10.5 Å². The van der Waals surface area contributed by atoms with E-state index in [1.54, 1.807) is 11.8 Å². The topological polar surface area (TPSA) is 41.1 Å². The molecule has 4 heteroatoms. The van der Waals surface area contributed by atoms with Crippen LogP contribution < -0.4 is 10.6 Å². The largest absolute Gasteiger partial charge is 0.372 e. The van der Waals surface area contributed by atoms with Crippen molar-refractivity contribution in [2.24, 2.45) is 0 Å². The van der Waals surface area contributed by atoms with Gasteiger partial charge in [0.25, 0.3) is 0 Å². The zero-order valence-corrected chi connectivity index (χ0v) is 17.7. The molecule has 5 rings (SSSR count). The van der Waals surface area contributed by atoms with Crippen LogP contribution in [0.15, 0.2) is 95.0 Å². The van der Waals surface area contributed by atoms with Gasteiger partial charge in [0.05, 0.1) is 17.4 Å². The number of benzene rings is 3. The number of anilines is 2. The first-order valence-electron chi connectivity index (χ1n) is 10.3. The predicted molar refractivity (Wildman–Crippen MR) is 125 cm³/mol. The summed E-state index contributed by atoms with van der Waals surface area (Å²) in [5.74, 6) is 0.423. The number of para-hydroxylation sites is 2. The van der Waals surface area contributed by atoms with E-state index in [-0.39, 0.29) is 17.7 Å². The lowest BCUT2D eigenvalue weighted by molar-refractivity contribution is -0.116. The summed E-state index contributed by atoms with van der Waals surface area (Å²) in [4.78, 5) is 14.7. The van der Waals surface area contributed by atoms with Gasteiger partial charge in [-0.1, -0.05) is 54.6 Å². The summed E-state index contributed by atoms with van der Waals surface area (Å²) in [5.41, 5.74) is 6.30. The van der Waals surface area contributed by atoms with Crippen LogP contribution >= 0.6 is 11.8 Å². The van der Waals surface area contributed by atoms with E-state index in [1.807, 2.05) is 18.2 Å². The summed E-state index contributed by atoms with van der Waals surface area (Å²) < 4.78 is 0. The summed E-state index contributed by atoms with van der Waals surface area (Å²) in [6.07, 6.45) is 3.45. The van der Waals surface area contributed by atoms with Crippen LogP contribution in [0.4, 0.5) is 11.4 Å². The molecule has 0 fully saturated rings. The first-order valence-corrected chi connectivity index (χ1v) is 11.5. The van der Waals surface area contributed by atoms with Crippen molar-refractivity contribution < 1.29 is 4.79 Å². The normalized spacial score (nSPS) is 20.5. The molecule has 2 N–H and O–H groups in total. The minimum absolute atomic E-state index is 0.156. The highest BCUT2D eigenvalue weighted by atomic mass is 32.2. The van der Waals surface area contributed by atoms with Crippen molar-refractivity contribution in [3.05, 3.63) is 101 Å². The highest BCUT2D eigenvalue weighted by Crippen LogP contribution is 2.44. The Morgan fingerprint density at radius 2 is 1.50 bits per heavy atom. The van der Waals surface area contributed by atoms with Gasteiger partial charge in [-0.25, -0.2) is 0 Å². The van der Waals surface area contributed by atoms with Crippen LogP contribution in [0.1, 0.15) is 35.9 Å². The van der Waals surface area contributed by atoms with Crippen molar-refractivity contribution in [2.75, 3.05) is 16.9 Å². The molecule has 0 amide bonds. The van der Waals surface area contributed by atoms with E-state index < -0.39 is 0 Å². The van der Waals surface area contributed by atoms with Crippen molar-refractivity contribution in [3.63, 3.8) is 0 Å². The van der Waals surface area contributed by atoms with Gasteiger partial charge in [0, 0.05) is 22.6 Å². The van der Waals surface area contributed by atoms with E-state index in [9.17, 15) is 4.79 Å². The molecule has 3 nitrogen and oxygen atoms in total. The number of ketones is 1. The molecule has 0 bridgehead atoms. The molecule has 0 radical (unpaired) electrons. The molecule has 0 unspecified atom stereocenters. The van der Waals surface area contributed by atoms with Gasteiger partial charge in [-0.15, -0.1) is 11.8 Å². The van der Waals surface area contributed by atoms with Crippen molar-refractivity contribution in [1.29, 1.82) is 0 Å². The van der Waals surface area contributed by atoms with Gasteiger partial charge in [-0.3, -0.25) is 4.79 Å². The lowest BCUT2D eigenvalue weighted by Gasteiger charge is -2.30. The Hall–Kier alpha value is -2.98. The maximum Gasteiger partial charge on any atom is 0.163 e. The third kappa shape index (κ3) is 3.52. The summed E-state index contributed by atoms with van der Waals surface area (Å²) >= 11 is 1.73. The number of Topliss-reactive ketones (excluding diaryl/α,β-unsaturated/α-hetero) is 1. The molecule has 2 aliphatic rings. The van der Waals surface area contributed by atoms with E-state index in [4.69, 9.17) is 0 Å². The highest BCUT2D eigenvalue weighted by Gasteiger charge is 2.35. The summed E-state index contributed by atoms with van der Waals surface area (Å²) in [6.45, 7) is 0. The minimum atomic E-state index is -0.156. The maximum atomic E-state index is 13.5. The molecular formula is C26H24N2OS. The average molecular weight is 413 g/mol. The molecule has 150 valence electrons. The van der Waals surface area contributed by atoms with Crippen molar-refractivity contribution >= 4 is 28.9 Å². The van der Waals surface area contributed by atoms with Gasteiger partial charge in [0.2, 0.25) is 0 Å². The number of carbonyl (C=O) groups excluding carboxylic acids is 1. The van der Waals surface area contributed by atoms with Gasteiger partial charge in [-0.05, 0) is 54.0 Å². The Morgan fingerprint density at radius 3 is 2.23 bits per heavy atom. The van der Waals surface area contributed by atoms with Gasteiger partial charge in [-0.2, -0.15) is 0 Å². The van der Waals surface area contributed by atoms with E-state index >= 15 is 0 Å². The van der Waals surface area contributed by atoms with Crippen molar-refractivity contribution in [1.82, 2.24) is 0 Å². The summed E-state index contributed by atoms with van der Waals surface area (Å²) in [7, 11) is 0. The predicted octanol–water partition coefficient (Wildman–Crippen LogP) is 6.39. The standard InChI is InChI=1S/C26H24N2OS/c1-30-20-13-11-18(12-14-20)26-25-23(27-21-9-5-6-10-22(21)28-26)15-19(16-24(25)29)17-7-3-2-4-8-17/h2-14,19,26-28H,15-16H2,1H3/t19-,26+/m0/s1. The highest BCUT2D eigenvalue weighted by molar-refractivity contribution is 7.98. The Balaban J connectivity index is 1.60. The van der Waals surface area contributed by atoms with E-state index in [0.29, 0.717) is 6.42 Å². The molecule has 0 saturated heterocycles. The fourth-order valence-electron chi connectivity index (χ4n) is 4.50. The lowest BCUT2D eigenvalue weighted by atomic mass is 9.78. The molecule has 0 spiro atoms. The summed E-state index contributed by atoms with van der Waals surface area (Å²) in [5, 5.41) is 7.26. The smallest absolute Gasteiger partial charge is 0.163 e. The monoisotopic (exact) mass is 412 g/mol. The van der Waals surface area contributed by atoms with Crippen molar-refractivity contribution in [2.45, 2.75) is 29.7 Å². The Kier molecular flexibility index (Phi) is 5.09. The number of fused-ring (bicyclic) bond motifs is 1. The van der Waals surface area contributed by atoms with Crippen LogP contribution in [0.2, 0.25) is 0 Å². The van der Waals surface area contributed by atoms with Gasteiger partial charge >= 0.3 is 0 Å². The molecule has 0 saturated carbocycles. The SMILES string of the molecule is CSc1ccc([C@H]2Nc3ccccc3NC3=C2C(=O)C[C@@H](c2ccccc2)C3)cc1. The molecule has 1 heterocycles. The molecule has 2 atom stereocenters. The van der Waals surface area contributed by atoms with Gasteiger partial charge < -0.3 is 10.6 Å². The first-order chi connectivity index (χ1) is 14.7. The molecular weight excluding hydrogens is 388 g/mol. The molecule has 3 aromatic rings. The number of thioether (sulfide) groups is 1. The van der Waals surface area contributed by atoms with Crippen LogP contribution in [0, 0.1) is 0 Å². The van der Waals surface area contributed by atoms with E-state index in [0.717, 1.165) is 34.6 Å². The number of hydrogen-bond acceptors (Lipinski definition) is 4. The third-order valence-corrected chi connectivity index (χ3v) is 6.77. The number of nitrogens with one attached hydrogen (secondary N) is 2. The second kappa shape index (κ2) is 8.04. The zero-order valence-electron chi connectivity index (χ0n) is 16.9. The van der Waals surface area contributed by atoms with Crippen LogP contribution in [-0.4, -0.2) is 12.0 Å². The lowest BCUT2D eigenvalue weighted by Crippen LogP contribution is -2.26. The number of carbonyl (C=O) groups is 1. The molecule has 1 aliphatic carbocycles. The Morgan fingerprint density at radius 1 is 0.800 bits per heavy atom. The molecule has 3 aromatic carbocycles. The minimum Gasteiger partial charge on any atom is -0.372 e. The second-order valence-corrected chi connectivity index (χ2v) is 8.73. The summed E-state index contributed by atoms with van der Waals surface area (Å²) in [6, 6.07) is 27.0. The quantitative estimate of drug-likeness (QED) is 0.489. The van der Waals surface area contributed by atoms with Gasteiger partial charge in [0.1, 0.15) is 0 Å². The third-order valence-electron chi connectivity index (χ3n) is 6.03. The number of allylic oxidation sites excluding steroid dienone is 1. The maximum absolute atomic E-state index is 13.5. The average Bonchev–Trinajstić information content (AvgIpc) is 2.96. The molecule has 0 aromatic heterocycles. The van der Waals surface area contributed by atoms with Crippen LogP contribution in [0.3, 0.4) is 0 Å². The number of hydrogen-bond donors (Lipinski definition) is 2. The second-order valence-electron chi connectivity index (χ2n) is 7.85. The van der Waals surface area contributed by atoms with Crippen LogP contribution in [-0.2, 0) is 4.79 Å². The Labute approximate surface area is 181 Å².